The topological polar surface area (TPSA) is 64.8 Å². The molecule has 104 valence electrons. The van der Waals surface area contributed by atoms with Crippen LogP contribution in [-0.2, 0) is 4.74 Å². The Kier molecular flexibility index (Phi) is 3.55. The molecule has 2 rings (SSSR count). The zero-order chi connectivity index (χ0) is 14.0. The third-order valence-corrected chi connectivity index (χ3v) is 2.74. The van der Waals surface area contributed by atoms with Gasteiger partial charge < -0.3 is 15.2 Å². The second kappa shape index (κ2) is 4.99. The molecule has 2 N–H and O–H groups in total. The van der Waals surface area contributed by atoms with Crippen LogP contribution in [0.1, 0.15) is 27.2 Å². The summed E-state index contributed by atoms with van der Waals surface area (Å²) in [7, 11) is 0. The molecule has 1 aliphatic heterocycles. The van der Waals surface area contributed by atoms with E-state index in [1.807, 2.05) is 20.8 Å². The summed E-state index contributed by atoms with van der Waals surface area (Å²) < 4.78 is 11.0. The van der Waals surface area contributed by atoms with Gasteiger partial charge in [0.1, 0.15) is 11.4 Å². The number of ether oxygens (including phenoxy) is 2. The first kappa shape index (κ1) is 13.5. The van der Waals surface area contributed by atoms with Crippen LogP contribution in [0.15, 0.2) is 24.3 Å². The van der Waals surface area contributed by atoms with Gasteiger partial charge >= 0.3 is 6.09 Å². The second-order valence-electron chi connectivity index (χ2n) is 5.60. The summed E-state index contributed by atoms with van der Waals surface area (Å²) in [4.78, 5) is 13.5. The van der Waals surface area contributed by atoms with E-state index in [-0.39, 0.29) is 12.3 Å². The van der Waals surface area contributed by atoms with Crippen LogP contribution in [0.3, 0.4) is 0 Å². The highest BCUT2D eigenvalue weighted by Gasteiger charge is 2.36. The van der Waals surface area contributed by atoms with Crippen molar-refractivity contribution in [2.75, 3.05) is 12.3 Å². The summed E-state index contributed by atoms with van der Waals surface area (Å²) >= 11 is 0. The van der Waals surface area contributed by atoms with Gasteiger partial charge in [0.2, 0.25) is 0 Å². The lowest BCUT2D eigenvalue weighted by molar-refractivity contribution is -0.0661. The van der Waals surface area contributed by atoms with E-state index >= 15 is 0 Å². The van der Waals surface area contributed by atoms with Gasteiger partial charge in [-0.1, -0.05) is 0 Å². The number of amides is 1. The van der Waals surface area contributed by atoms with E-state index < -0.39 is 5.60 Å². The van der Waals surface area contributed by atoms with E-state index in [1.54, 1.807) is 29.2 Å². The fourth-order valence-electron chi connectivity index (χ4n) is 1.72. The van der Waals surface area contributed by atoms with Crippen LogP contribution in [0, 0.1) is 0 Å². The molecule has 5 heteroatoms. The normalized spacial score (nSPS) is 18.7. The van der Waals surface area contributed by atoms with Crippen molar-refractivity contribution in [3.05, 3.63) is 24.3 Å². The van der Waals surface area contributed by atoms with E-state index in [0.29, 0.717) is 18.0 Å². The summed E-state index contributed by atoms with van der Waals surface area (Å²) in [6.45, 7) is 6.20. The molecule has 1 atom stereocenters. The highest BCUT2D eigenvalue weighted by atomic mass is 16.6. The van der Waals surface area contributed by atoms with Crippen LogP contribution in [0.2, 0.25) is 0 Å². The number of nitrogen functional groups attached to an aromatic ring is 1. The van der Waals surface area contributed by atoms with E-state index in [4.69, 9.17) is 15.2 Å². The number of nitrogens with two attached hydrogens (primary N) is 1. The van der Waals surface area contributed by atoms with Crippen molar-refractivity contribution in [1.82, 2.24) is 4.90 Å². The molecular weight excluding hydrogens is 244 g/mol. The number of carbonyl (C=O) groups is 1. The largest absolute Gasteiger partial charge is 0.470 e. The monoisotopic (exact) mass is 264 g/mol. The third kappa shape index (κ3) is 3.53. The smallest absolute Gasteiger partial charge is 0.413 e. The molecule has 1 heterocycles. The van der Waals surface area contributed by atoms with Crippen molar-refractivity contribution in [3.63, 3.8) is 0 Å². The van der Waals surface area contributed by atoms with Crippen molar-refractivity contribution in [1.29, 1.82) is 0 Å². The molecular formula is C14H20N2O3. The average molecular weight is 264 g/mol. The van der Waals surface area contributed by atoms with Gasteiger partial charge in [-0.3, -0.25) is 4.90 Å². The van der Waals surface area contributed by atoms with Gasteiger partial charge in [-0.25, -0.2) is 4.79 Å². The fraction of sp³-hybridized carbons (Fsp3) is 0.500. The quantitative estimate of drug-likeness (QED) is 0.834. The summed E-state index contributed by atoms with van der Waals surface area (Å²) in [5.41, 5.74) is 5.81. The van der Waals surface area contributed by atoms with Crippen LogP contribution in [0.25, 0.3) is 0 Å². The number of hydrogen-bond donors (Lipinski definition) is 1. The van der Waals surface area contributed by atoms with Gasteiger partial charge in [-0.2, -0.15) is 0 Å². The molecule has 1 aromatic rings. The molecule has 1 aliphatic rings. The molecule has 0 bridgehead atoms. The van der Waals surface area contributed by atoms with Crippen LogP contribution in [0.5, 0.6) is 5.75 Å². The van der Waals surface area contributed by atoms with Crippen LogP contribution < -0.4 is 10.5 Å². The van der Waals surface area contributed by atoms with Gasteiger partial charge in [-0.05, 0) is 45.0 Å². The van der Waals surface area contributed by atoms with Crippen LogP contribution in [0.4, 0.5) is 10.5 Å². The summed E-state index contributed by atoms with van der Waals surface area (Å²) in [6, 6.07) is 7.12. The molecule has 1 saturated heterocycles. The summed E-state index contributed by atoms with van der Waals surface area (Å²) in [6.07, 6.45) is 0.224. The molecule has 1 unspecified atom stereocenters. The first-order chi connectivity index (χ1) is 8.85. The minimum atomic E-state index is -0.488. The Morgan fingerprint density at radius 3 is 2.42 bits per heavy atom. The highest BCUT2D eigenvalue weighted by Crippen LogP contribution is 2.25. The summed E-state index contributed by atoms with van der Waals surface area (Å²) in [5, 5.41) is 0. The Hall–Kier alpha value is -1.91. The molecule has 0 radical (unpaired) electrons. The Balaban J connectivity index is 1.92. The van der Waals surface area contributed by atoms with E-state index in [2.05, 4.69) is 0 Å². The maximum atomic E-state index is 11.9. The number of nitrogens with zero attached hydrogens (tertiary/aromatic N) is 1. The number of benzene rings is 1. The number of hydrogen-bond acceptors (Lipinski definition) is 4. The second-order valence-corrected chi connectivity index (χ2v) is 5.60. The number of likely N-dealkylation sites (tertiary alicyclic amines) is 1. The first-order valence-corrected chi connectivity index (χ1v) is 6.37. The van der Waals surface area contributed by atoms with E-state index in [9.17, 15) is 4.79 Å². The Morgan fingerprint density at radius 2 is 1.95 bits per heavy atom. The summed E-state index contributed by atoms with van der Waals surface area (Å²) in [5.74, 6) is 0.701. The predicted octanol–water partition coefficient (Wildman–Crippen LogP) is 2.61. The average Bonchev–Trinajstić information content (AvgIpc) is 2.24. The predicted molar refractivity (Wildman–Crippen MR) is 72.8 cm³/mol. The molecule has 19 heavy (non-hydrogen) atoms. The van der Waals surface area contributed by atoms with Crippen molar-refractivity contribution >= 4 is 11.8 Å². The minimum Gasteiger partial charge on any atom is -0.470 e. The zero-order valence-electron chi connectivity index (χ0n) is 11.6. The Morgan fingerprint density at radius 1 is 1.32 bits per heavy atom. The number of anilines is 1. The molecule has 0 saturated carbocycles. The van der Waals surface area contributed by atoms with Gasteiger partial charge in [0, 0.05) is 18.7 Å². The lowest BCUT2D eigenvalue weighted by Crippen LogP contribution is -2.55. The highest BCUT2D eigenvalue weighted by molar-refractivity contribution is 5.69. The molecule has 5 nitrogen and oxygen atoms in total. The van der Waals surface area contributed by atoms with Crippen molar-refractivity contribution < 1.29 is 14.3 Å². The number of carbonyl (C=O) groups excluding carboxylic acids is 1. The van der Waals surface area contributed by atoms with E-state index in [1.165, 1.54) is 0 Å². The molecule has 1 aromatic carbocycles. The standard InChI is InChI=1S/C14H20N2O3/c1-14(2,3)19-13(17)16-9-8-12(16)18-11-6-4-10(15)5-7-11/h4-7,12H,8-9,15H2,1-3H3. The van der Waals surface area contributed by atoms with Crippen molar-refractivity contribution in [2.45, 2.75) is 39.0 Å². The maximum absolute atomic E-state index is 11.9. The van der Waals surface area contributed by atoms with Crippen LogP contribution >= 0.6 is 0 Å². The molecule has 1 fully saturated rings. The minimum absolute atomic E-state index is 0.251. The lowest BCUT2D eigenvalue weighted by Gasteiger charge is -2.40. The molecule has 0 aromatic heterocycles. The molecule has 0 aliphatic carbocycles. The SMILES string of the molecule is CC(C)(C)OC(=O)N1CCC1Oc1ccc(N)cc1. The Labute approximate surface area is 113 Å². The molecule has 1 amide bonds. The lowest BCUT2D eigenvalue weighted by atomic mass is 10.2. The maximum Gasteiger partial charge on any atom is 0.413 e. The molecule has 0 spiro atoms. The third-order valence-electron chi connectivity index (χ3n) is 2.74. The fourth-order valence-corrected chi connectivity index (χ4v) is 1.72. The Bertz CT molecular complexity index is 451. The van der Waals surface area contributed by atoms with E-state index in [0.717, 1.165) is 6.42 Å². The number of rotatable bonds is 2. The van der Waals surface area contributed by atoms with Gasteiger partial charge in [-0.15, -0.1) is 0 Å². The van der Waals surface area contributed by atoms with Gasteiger partial charge in [0.25, 0.3) is 0 Å². The van der Waals surface area contributed by atoms with Gasteiger partial charge in [0.05, 0.1) is 0 Å². The van der Waals surface area contributed by atoms with Crippen molar-refractivity contribution in [2.24, 2.45) is 0 Å². The van der Waals surface area contributed by atoms with Crippen molar-refractivity contribution in [3.8, 4) is 5.75 Å². The first-order valence-electron chi connectivity index (χ1n) is 6.37. The zero-order valence-corrected chi connectivity index (χ0v) is 11.6. The van der Waals surface area contributed by atoms with Gasteiger partial charge in [0.15, 0.2) is 6.23 Å². The van der Waals surface area contributed by atoms with Crippen LogP contribution in [-0.4, -0.2) is 29.4 Å².